The lowest BCUT2D eigenvalue weighted by Gasteiger charge is -2.52. The summed E-state index contributed by atoms with van der Waals surface area (Å²) in [6, 6.07) is 5.05. The maximum absolute atomic E-state index is 13.5. The Balaban J connectivity index is 2.12. The number of ether oxygens (including phenoxy) is 1. The normalized spacial score (nSPS) is 25.6. The van der Waals surface area contributed by atoms with Crippen molar-refractivity contribution in [1.29, 1.82) is 0 Å². The minimum absolute atomic E-state index is 0.0446. The molecule has 1 aliphatic rings. The van der Waals surface area contributed by atoms with Crippen molar-refractivity contribution < 1.29 is 9.13 Å². The van der Waals surface area contributed by atoms with Crippen molar-refractivity contribution in [2.45, 2.75) is 51.5 Å². The molecule has 0 saturated heterocycles. The lowest BCUT2D eigenvalue weighted by atomic mass is 9.62. The van der Waals surface area contributed by atoms with Crippen LogP contribution < -0.4 is 4.74 Å². The molecule has 0 N–H and O–H groups in total. The predicted molar refractivity (Wildman–Crippen MR) is 72.8 cm³/mol. The summed E-state index contributed by atoms with van der Waals surface area (Å²) in [5.41, 5.74) is 0.687. The Labute approximate surface area is 113 Å². The molecular weight excluding hydrogens is 251 g/mol. The molecule has 18 heavy (non-hydrogen) atoms. The third-order valence-electron chi connectivity index (χ3n) is 4.42. The first-order valence-electron chi connectivity index (χ1n) is 6.60. The van der Waals surface area contributed by atoms with Crippen LogP contribution in [0.5, 0.6) is 5.75 Å². The molecule has 0 spiro atoms. The fraction of sp³-hybridized carbons (Fsp3) is 0.600. The minimum atomic E-state index is -0.215. The van der Waals surface area contributed by atoms with E-state index < -0.39 is 0 Å². The first-order chi connectivity index (χ1) is 8.53. The van der Waals surface area contributed by atoms with Crippen molar-refractivity contribution >= 4 is 11.6 Å². The van der Waals surface area contributed by atoms with Crippen LogP contribution in [0.4, 0.5) is 4.39 Å². The second kappa shape index (κ2) is 5.08. The Bertz CT molecular complexity index is 429. The van der Waals surface area contributed by atoms with E-state index in [0.717, 1.165) is 19.3 Å². The van der Waals surface area contributed by atoms with E-state index in [2.05, 4.69) is 13.8 Å². The van der Waals surface area contributed by atoms with Crippen molar-refractivity contribution in [3.8, 4) is 5.75 Å². The topological polar surface area (TPSA) is 9.23 Å². The van der Waals surface area contributed by atoms with Crippen molar-refractivity contribution in [2.24, 2.45) is 5.41 Å². The maximum Gasteiger partial charge on any atom is 0.129 e. The highest BCUT2D eigenvalue weighted by Gasteiger charge is 2.53. The van der Waals surface area contributed by atoms with E-state index in [1.54, 1.807) is 13.0 Å². The Morgan fingerprint density at radius 1 is 1.39 bits per heavy atom. The molecule has 1 aromatic rings. The first-order valence-corrected chi connectivity index (χ1v) is 7.04. The standard InChI is InChI=1S/C15H20ClFO/c1-4-15(5-2)13(16)9-14(15)18-11-7-6-10(3)12(17)8-11/h6-8,13-14H,4-5,9H2,1-3H3. The van der Waals surface area contributed by atoms with Crippen LogP contribution in [-0.4, -0.2) is 11.5 Å². The van der Waals surface area contributed by atoms with Crippen LogP contribution in [0.1, 0.15) is 38.7 Å². The van der Waals surface area contributed by atoms with E-state index in [9.17, 15) is 4.39 Å². The van der Waals surface area contributed by atoms with Gasteiger partial charge in [0.05, 0.1) is 0 Å². The van der Waals surface area contributed by atoms with Crippen LogP contribution in [0, 0.1) is 18.2 Å². The molecule has 100 valence electrons. The molecule has 0 radical (unpaired) electrons. The number of halogens is 2. The van der Waals surface area contributed by atoms with Crippen molar-refractivity contribution in [2.75, 3.05) is 0 Å². The quantitative estimate of drug-likeness (QED) is 0.721. The fourth-order valence-corrected chi connectivity index (χ4v) is 3.43. The summed E-state index contributed by atoms with van der Waals surface area (Å²) in [7, 11) is 0. The molecule has 0 heterocycles. The summed E-state index contributed by atoms with van der Waals surface area (Å²) in [6.45, 7) is 6.04. The van der Waals surface area contributed by atoms with Crippen molar-refractivity contribution in [3.63, 3.8) is 0 Å². The summed E-state index contributed by atoms with van der Waals surface area (Å²) >= 11 is 6.34. The van der Waals surface area contributed by atoms with Gasteiger partial charge in [-0.1, -0.05) is 19.9 Å². The SMILES string of the molecule is CCC1(CC)C(Cl)CC1Oc1ccc(C)c(F)c1. The van der Waals surface area contributed by atoms with Gasteiger partial charge in [-0.2, -0.15) is 0 Å². The van der Waals surface area contributed by atoms with Gasteiger partial charge < -0.3 is 4.74 Å². The molecule has 0 aromatic heterocycles. The molecule has 0 amide bonds. The molecule has 2 atom stereocenters. The third kappa shape index (κ3) is 2.11. The van der Waals surface area contributed by atoms with Crippen LogP contribution >= 0.6 is 11.6 Å². The van der Waals surface area contributed by atoms with Gasteiger partial charge in [-0.25, -0.2) is 4.39 Å². The summed E-state index contributed by atoms with van der Waals surface area (Å²) in [4.78, 5) is 0. The van der Waals surface area contributed by atoms with Crippen LogP contribution in [0.15, 0.2) is 18.2 Å². The van der Waals surface area contributed by atoms with Crippen LogP contribution in [0.25, 0.3) is 0 Å². The van der Waals surface area contributed by atoms with Crippen LogP contribution in [0.3, 0.4) is 0 Å². The zero-order valence-corrected chi connectivity index (χ0v) is 11.9. The summed E-state index contributed by atoms with van der Waals surface area (Å²) < 4.78 is 19.4. The molecule has 3 heteroatoms. The number of alkyl halides is 1. The average molecular weight is 271 g/mol. The van der Waals surface area contributed by atoms with Gasteiger partial charge in [0, 0.05) is 23.3 Å². The van der Waals surface area contributed by atoms with E-state index in [1.807, 2.05) is 6.07 Å². The van der Waals surface area contributed by atoms with Gasteiger partial charge in [0.2, 0.25) is 0 Å². The Morgan fingerprint density at radius 3 is 2.56 bits per heavy atom. The number of hydrogen-bond acceptors (Lipinski definition) is 1. The Kier molecular flexibility index (Phi) is 3.86. The molecule has 2 unspecified atom stereocenters. The Morgan fingerprint density at radius 2 is 2.06 bits per heavy atom. The van der Waals surface area contributed by atoms with E-state index in [0.29, 0.717) is 11.3 Å². The molecule has 1 saturated carbocycles. The second-order valence-corrected chi connectivity index (χ2v) is 5.69. The Hall–Kier alpha value is -0.760. The molecule has 0 bridgehead atoms. The summed E-state index contributed by atoms with van der Waals surface area (Å²) in [5, 5.41) is 0.174. The highest BCUT2D eigenvalue weighted by Crippen LogP contribution is 2.51. The van der Waals surface area contributed by atoms with E-state index in [1.165, 1.54) is 6.07 Å². The number of hydrogen-bond donors (Lipinski definition) is 0. The largest absolute Gasteiger partial charge is 0.490 e. The fourth-order valence-electron chi connectivity index (χ4n) is 2.82. The van der Waals surface area contributed by atoms with Crippen LogP contribution in [0.2, 0.25) is 0 Å². The zero-order chi connectivity index (χ0) is 13.3. The lowest BCUT2D eigenvalue weighted by Crippen LogP contribution is -2.56. The highest BCUT2D eigenvalue weighted by molar-refractivity contribution is 6.21. The molecule has 1 fully saturated rings. The van der Waals surface area contributed by atoms with Gasteiger partial charge >= 0.3 is 0 Å². The highest BCUT2D eigenvalue weighted by atomic mass is 35.5. The monoisotopic (exact) mass is 270 g/mol. The lowest BCUT2D eigenvalue weighted by molar-refractivity contribution is -0.0463. The molecule has 1 aliphatic carbocycles. The molecule has 1 aromatic carbocycles. The third-order valence-corrected chi connectivity index (χ3v) is 5.04. The smallest absolute Gasteiger partial charge is 0.129 e. The minimum Gasteiger partial charge on any atom is -0.490 e. The van der Waals surface area contributed by atoms with E-state index in [4.69, 9.17) is 16.3 Å². The van der Waals surface area contributed by atoms with E-state index >= 15 is 0 Å². The van der Waals surface area contributed by atoms with Gasteiger partial charge in [0.25, 0.3) is 0 Å². The van der Waals surface area contributed by atoms with Gasteiger partial charge in [-0.05, 0) is 31.4 Å². The molecule has 2 rings (SSSR count). The molecular formula is C15H20ClFO. The number of benzene rings is 1. The van der Waals surface area contributed by atoms with Gasteiger partial charge in [-0.3, -0.25) is 0 Å². The average Bonchev–Trinajstić information content (AvgIpc) is 2.35. The number of aryl methyl sites for hydroxylation is 1. The first kappa shape index (κ1) is 13.7. The number of rotatable bonds is 4. The summed E-state index contributed by atoms with van der Waals surface area (Å²) in [6.07, 6.45) is 2.95. The summed E-state index contributed by atoms with van der Waals surface area (Å²) in [5.74, 6) is 0.394. The molecule has 0 aliphatic heterocycles. The van der Waals surface area contributed by atoms with Gasteiger partial charge in [0.1, 0.15) is 17.7 Å². The van der Waals surface area contributed by atoms with Crippen molar-refractivity contribution in [1.82, 2.24) is 0 Å². The van der Waals surface area contributed by atoms with Gasteiger partial charge in [0.15, 0.2) is 0 Å². The second-order valence-electron chi connectivity index (χ2n) is 5.16. The van der Waals surface area contributed by atoms with Crippen molar-refractivity contribution in [3.05, 3.63) is 29.6 Å². The molecule has 1 nitrogen and oxygen atoms in total. The van der Waals surface area contributed by atoms with E-state index in [-0.39, 0.29) is 22.7 Å². The zero-order valence-electron chi connectivity index (χ0n) is 11.2. The van der Waals surface area contributed by atoms with Crippen LogP contribution in [-0.2, 0) is 0 Å². The van der Waals surface area contributed by atoms with Gasteiger partial charge in [-0.15, -0.1) is 11.6 Å². The maximum atomic E-state index is 13.5. The predicted octanol–water partition coefficient (Wildman–Crippen LogP) is 4.70.